The van der Waals surface area contributed by atoms with Crippen LogP contribution >= 0.6 is 0 Å². The Morgan fingerprint density at radius 2 is 1.71 bits per heavy atom. The minimum atomic E-state index is -0.618. The zero-order chi connectivity index (χ0) is 30.3. The van der Waals surface area contributed by atoms with Gasteiger partial charge in [-0.05, 0) is 129 Å². The minimum absolute atomic E-state index is 0.0878. The van der Waals surface area contributed by atoms with Gasteiger partial charge in [-0.1, -0.05) is 25.9 Å². The van der Waals surface area contributed by atoms with Gasteiger partial charge in [0.25, 0.3) is 0 Å². The van der Waals surface area contributed by atoms with E-state index < -0.39 is 11.7 Å². The van der Waals surface area contributed by atoms with E-state index in [1.807, 2.05) is 6.92 Å². The lowest BCUT2D eigenvalue weighted by Gasteiger charge is -2.62. The van der Waals surface area contributed by atoms with Gasteiger partial charge in [0, 0.05) is 24.3 Å². The first kappa shape index (κ1) is 31.4. The van der Waals surface area contributed by atoms with Crippen molar-refractivity contribution in [2.45, 2.75) is 135 Å². The number of ketones is 1. The summed E-state index contributed by atoms with van der Waals surface area (Å²) in [5.41, 5.74) is 8.50. The molecule has 5 rings (SSSR count). The van der Waals surface area contributed by atoms with Crippen molar-refractivity contribution < 1.29 is 19.8 Å². The Kier molecular flexibility index (Phi) is 9.09. The average Bonchev–Trinajstić information content (AvgIpc) is 3.58. The Morgan fingerprint density at radius 1 is 1.00 bits per heavy atom. The Bertz CT molecular complexity index is 1100. The highest BCUT2D eigenvalue weighted by Crippen LogP contribution is 2.68. The fourth-order valence-corrected chi connectivity index (χ4v) is 10.3. The highest BCUT2D eigenvalue weighted by molar-refractivity contribution is 5.89. The number of rotatable bonds is 12. The second-order valence-corrected chi connectivity index (χ2v) is 15.2. The van der Waals surface area contributed by atoms with Crippen molar-refractivity contribution in [1.29, 1.82) is 0 Å². The number of nitrogens with one attached hydrogen (secondary N) is 1. The second-order valence-electron chi connectivity index (χ2n) is 15.2. The number of hydrogen-bond acceptors (Lipinski definition) is 7. The third-order valence-electron chi connectivity index (χ3n) is 12.8. The quantitative estimate of drug-likeness (QED) is 0.143. The van der Waals surface area contributed by atoms with Gasteiger partial charge in [-0.3, -0.25) is 9.59 Å². The Labute approximate surface area is 250 Å². The molecule has 3 N–H and O–H groups in total. The van der Waals surface area contributed by atoms with E-state index in [0.29, 0.717) is 54.8 Å². The number of Topliss-reactive ketones (excluding diaryl/α,β-unsaturated/α-hetero) is 1. The number of amides is 1. The van der Waals surface area contributed by atoms with E-state index in [2.05, 4.69) is 46.3 Å². The van der Waals surface area contributed by atoms with Gasteiger partial charge in [-0.25, -0.2) is 0 Å². The molecule has 1 aliphatic heterocycles. The fraction of sp³-hybridized carbons (Fsp3) is 0.938. The van der Waals surface area contributed by atoms with Gasteiger partial charge in [-0.15, -0.1) is 0 Å². The molecule has 4 aliphatic carbocycles. The molecular weight excluding hydrogens is 532 g/mol. The van der Waals surface area contributed by atoms with Crippen LogP contribution in [0, 0.1) is 46.3 Å². The minimum Gasteiger partial charge on any atom is -0.393 e. The van der Waals surface area contributed by atoms with Crippen LogP contribution in [0.3, 0.4) is 0 Å². The molecule has 4 saturated carbocycles. The molecule has 0 aromatic heterocycles. The van der Waals surface area contributed by atoms with Crippen molar-refractivity contribution in [3.63, 3.8) is 0 Å². The number of hydrogen-bond donors (Lipinski definition) is 3. The molecule has 234 valence electrons. The van der Waals surface area contributed by atoms with Gasteiger partial charge >= 0.3 is 0 Å². The van der Waals surface area contributed by atoms with Crippen molar-refractivity contribution in [1.82, 2.24) is 5.32 Å². The number of carbonyl (C=O) groups is 2. The Hall–Kier alpha value is -2.03. The van der Waals surface area contributed by atoms with E-state index in [1.165, 1.54) is 6.42 Å². The molecule has 1 heterocycles. The van der Waals surface area contributed by atoms with Crippen molar-refractivity contribution in [2.24, 2.45) is 61.7 Å². The molecule has 42 heavy (non-hydrogen) atoms. The smallest absolute Gasteiger partial charge is 0.220 e. The summed E-state index contributed by atoms with van der Waals surface area (Å²) in [7, 11) is 0. The molecule has 4 fully saturated rings. The molecule has 1 amide bonds. The van der Waals surface area contributed by atoms with Gasteiger partial charge < -0.3 is 15.5 Å². The Balaban J connectivity index is 1.18. The number of carbonyl (C=O) groups excluding carboxylic acids is 2. The molecule has 0 spiro atoms. The molecule has 0 aromatic rings. The summed E-state index contributed by atoms with van der Waals surface area (Å²) < 4.78 is 0. The van der Waals surface area contributed by atoms with Crippen LogP contribution in [0.15, 0.2) is 15.3 Å². The summed E-state index contributed by atoms with van der Waals surface area (Å²) in [5, 5.41) is 36.4. The molecular formula is C32H52N6O4. The first-order valence-electron chi connectivity index (χ1n) is 16.5. The molecule has 11 atom stereocenters. The summed E-state index contributed by atoms with van der Waals surface area (Å²) in [4.78, 5) is 28.6. The third kappa shape index (κ3) is 6.14. The number of aliphatic hydroxyl groups is 2. The van der Waals surface area contributed by atoms with E-state index in [1.54, 1.807) is 0 Å². The first-order valence-corrected chi connectivity index (χ1v) is 16.5. The fourth-order valence-electron chi connectivity index (χ4n) is 10.3. The van der Waals surface area contributed by atoms with Gasteiger partial charge in [0.15, 0.2) is 11.4 Å². The molecule has 0 radical (unpaired) electrons. The second kappa shape index (κ2) is 12.2. The van der Waals surface area contributed by atoms with Crippen LogP contribution in [-0.4, -0.2) is 52.4 Å². The van der Waals surface area contributed by atoms with Crippen LogP contribution in [-0.2, 0) is 9.59 Å². The summed E-state index contributed by atoms with van der Waals surface area (Å²) in [6, 6.07) is -0.618. The van der Waals surface area contributed by atoms with Crippen molar-refractivity contribution in [2.75, 3.05) is 6.54 Å². The lowest BCUT2D eigenvalue weighted by Crippen LogP contribution is -2.58. The molecule has 10 nitrogen and oxygen atoms in total. The first-order chi connectivity index (χ1) is 19.9. The highest BCUT2D eigenvalue weighted by atomic mass is 16.3. The van der Waals surface area contributed by atoms with Gasteiger partial charge in [0.1, 0.15) is 0 Å². The molecule has 10 heteroatoms. The van der Waals surface area contributed by atoms with Crippen LogP contribution in [0.4, 0.5) is 0 Å². The van der Waals surface area contributed by atoms with E-state index in [4.69, 9.17) is 5.53 Å². The van der Waals surface area contributed by atoms with Crippen molar-refractivity contribution in [3.05, 3.63) is 10.4 Å². The largest absolute Gasteiger partial charge is 0.393 e. The predicted octanol–water partition coefficient (Wildman–Crippen LogP) is 6.11. The zero-order valence-electron chi connectivity index (χ0n) is 26.0. The summed E-state index contributed by atoms with van der Waals surface area (Å²) >= 11 is 0. The lowest BCUT2D eigenvalue weighted by atomic mass is 9.43. The molecule has 5 aliphatic rings. The lowest BCUT2D eigenvalue weighted by molar-refractivity contribution is -0.174. The topological polar surface area (TPSA) is 160 Å². The van der Waals surface area contributed by atoms with Crippen molar-refractivity contribution >= 4 is 11.7 Å². The zero-order valence-corrected chi connectivity index (χ0v) is 26.0. The van der Waals surface area contributed by atoms with E-state index in [0.717, 1.165) is 51.4 Å². The predicted molar refractivity (Wildman–Crippen MR) is 159 cm³/mol. The number of nitrogens with zero attached hydrogens (tertiary/aromatic N) is 5. The number of aliphatic hydroxyl groups excluding tert-OH is 2. The average molecular weight is 585 g/mol. The van der Waals surface area contributed by atoms with E-state index in [9.17, 15) is 19.8 Å². The molecule has 0 saturated heterocycles. The monoisotopic (exact) mass is 584 g/mol. The van der Waals surface area contributed by atoms with Gasteiger partial charge in [0.05, 0.1) is 18.2 Å². The molecule has 0 bridgehead atoms. The molecule has 0 aromatic carbocycles. The summed E-state index contributed by atoms with van der Waals surface area (Å²) in [6.07, 6.45) is 10.1. The normalized spacial score (nSPS) is 41.0. The number of azide groups is 1. The summed E-state index contributed by atoms with van der Waals surface area (Å²) in [5.74, 6) is 2.46. The maximum absolute atomic E-state index is 13.1. The maximum atomic E-state index is 13.1. The van der Waals surface area contributed by atoms with Crippen LogP contribution in [0.1, 0.15) is 111 Å². The SMILES string of the molecule is C[C@H](CCC(=O)NC(CCC1(C)N=N1)C(=O)CCN=[N+]=[N-])[C@H]1CC[C@H]2[C@@H]3C(O)C[C@@H]4C[C@H](O)CC[C@]4(C)[C@H]3CC[C@]12C. The van der Waals surface area contributed by atoms with E-state index >= 15 is 0 Å². The van der Waals surface area contributed by atoms with Crippen LogP contribution in [0.2, 0.25) is 0 Å². The van der Waals surface area contributed by atoms with Crippen molar-refractivity contribution in [3.8, 4) is 0 Å². The van der Waals surface area contributed by atoms with Crippen LogP contribution in [0.25, 0.3) is 10.4 Å². The van der Waals surface area contributed by atoms with Gasteiger partial charge in [-0.2, -0.15) is 10.2 Å². The number of fused-ring (bicyclic) bond motifs is 5. The van der Waals surface area contributed by atoms with E-state index in [-0.39, 0.29) is 47.7 Å². The third-order valence-corrected chi connectivity index (χ3v) is 12.8. The van der Waals surface area contributed by atoms with Crippen LogP contribution < -0.4 is 5.32 Å². The summed E-state index contributed by atoms with van der Waals surface area (Å²) in [6.45, 7) is 9.19. The maximum Gasteiger partial charge on any atom is 0.220 e. The molecule has 2 unspecified atom stereocenters. The Morgan fingerprint density at radius 3 is 2.43 bits per heavy atom. The van der Waals surface area contributed by atoms with Gasteiger partial charge in [0.2, 0.25) is 5.91 Å². The standard InChI is InChI=1S/C32H52N6O4/c1-19(5-8-28(42)35-25(11-15-32(4)36-37-32)26(40)12-16-34-38-33)22-6-7-23-29-24(10-14-31(22,23)3)30(2)13-9-21(39)17-20(30)18-27(29)41/h19-25,27,29,39,41H,5-18H2,1-4H3,(H,35,42)/t19-,20+,21-,22-,23+,24+,25?,27?,29+,30+,31-/m1/s1. The highest BCUT2D eigenvalue weighted by Gasteiger charge is 2.62. The van der Waals surface area contributed by atoms with Crippen LogP contribution in [0.5, 0.6) is 0 Å².